The van der Waals surface area contributed by atoms with E-state index in [-0.39, 0.29) is 0 Å². The van der Waals surface area contributed by atoms with E-state index < -0.39 is 11.7 Å². The first-order valence-corrected chi connectivity index (χ1v) is 9.02. The second-order valence-corrected chi connectivity index (χ2v) is 6.85. The van der Waals surface area contributed by atoms with Crippen LogP contribution in [-0.2, 0) is 11.9 Å². The van der Waals surface area contributed by atoms with Crippen molar-refractivity contribution in [1.29, 1.82) is 0 Å². The Kier molecular flexibility index (Phi) is 4.57. The van der Waals surface area contributed by atoms with Crippen LogP contribution in [0.2, 0.25) is 0 Å². The number of halogens is 3. The highest BCUT2D eigenvalue weighted by molar-refractivity contribution is 7.98. The van der Waals surface area contributed by atoms with Gasteiger partial charge >= 0.3 is 6.18 Å². The van der Waals surface area contributed by atoms with Crippen LogP contribution in [0.3, 0.4) is 0 Å². The van der Waals surface area contributed by atoms with Gasteiger partial charge in [0.2, 0.25) is 0 Å². The first kappa shape index (κ1) is 17.5. The third-order valence-corrected chi connectivity index (χ3v) is 5.19. The third kappa shape index (κ3) is 3.80. The Labute approximate surface area is 157 Å². The maximum absolute atomic E-state index is 12.9. The van der Waals surface area contributed by atoms with Crippen molar-refractivity contribution in [3.05, 3.63) is 78.5 Å². The van der Waals surface area contributed by atoms with Crippen LogP contribution < -0.4 is 0 Å². The van der Waals surface area contributed by atoms with Crippen molar-refractivity contribution in [2.24, 2.45) is 0 Å². The summed E-state index contributed by atoms with van der Waals surface area (Å²) in [6, 6.07) is 13.4. The number of nitrogens with zero attached hydrogens (tertiary/aromatic N) is 4. The molecule has 0 aliphatic heterocycles. The summed E-state index contributed by atoms with van der Waals surface area (Å²) >= 11 is 1.56. The molecule has 0 atom stereocenters. The maximum atomic E-state index is 12.9. The molecule has 0 spiro atoms. The molecule has 4 aromatic rings. The van der Waals surface area contributed by atoms with Gasteiger partial charge in [-0.15, -0.1) is 11.8 Å². The van der Waals surface area contributed by atoms with Gasteiger partial charge < -0.3 is 0 Å². The van der Waals surface area contributed by atoms with Gasteiger partial charge in [-0.2, -0.15) is 18.3 Å². The average Bonchev–Trinajstić information content (AvgIpc) is 3.20. The average molecular weight is 386 g/mol. The van der Waals surface area contributed by atoms with Gasteiger partial charge in [0.05, 0.1) is 16.8 Å². The number of fused-ring (bicyclic) bond motifs is 1. The predicted octanol–water partition coefficient (Wildman–Crippen LogP) is 5.13. The highest BCUT2D eigenvalue weighted by atomic mass is 32.2. The minimum atomic E-state index is -4.37. The van der Waals surface area contributed by atoms with E-state index in [0.29, 0.717) is 11.3 Å². The van der Waals surface area contributed by atoms with Gasteiger partial charge in [0.15, 0.2) is 0 Å². The maximum Gasteiger partial charge on any atom is 0.416 e. The van der Waals surface area contributed by atoms with Crippen molar-refractivity contribution in [2.45, 2.75) is 16.8 Å². The van der Waals surface area contributed by atoms with Crippen LogP contribution in [0, 0.1) is 0 Å². The van der Waals surface area contributed by atoms with Crippen molar-refractivity contribution < 1.29 is 13.2 Å². The fourth-order valence-corrected chi connectivity index (χ4v) is 3.67. The molecule has 8 heteroatoms. The summed E-state index contributed by atoms with van der Waals surface area (Å²) < 4.78 is 40.3. The molecule has 0 saturated carbocycles. The van der Waals surface area contributed by atoms with Crippen LogP contribution in [0.5, 0.6) is 0 Å². The quantitative estimate of drug-likeness (QED) is 0.456. The van der Waals surface area contributed by atoms with Crippen LogP contribution in [-0.4, -0.2) is 19.7 Å². The molecule has 0 fully saturated rings. The largest absolute Gasteiger partial charge is 0.416 e. The molecule has 0 aliphatic carbocycles. The smallest absolute Gasteiger partial charge is 0.256 e. The van der Waals surface area contributed by atoms with Crippen molar-refractivity contribution in [1.82, 2.24) is 19.7 Å². The lowest BCUT2D eigenvalue weighted by Gasteiger charge is -2.10. The Morgan fingerprint density at radius 1 is 1.00 bits per heavy atom. The van der Waals surface area contributed by atoms with E-state index in [1.807, 2.05) is 30.3 Å². The summed E-state index contributed by atoms with van der Waals surface area (Å²) in [5.74, 6) is 0.692. The SMILES string of the molecule is FC(F)(F)c1ccc2c(SCc3ccc(-n4cncn4)cc3)ccnc2c1. The molecule has 2 aromatic heterocycles. The first-order valence-electron chi connectivity index (χ1n) is 8.03. The lowest BCUT2D eigenvalue weighted by molar-refractivity contribution is -0.137. The van der Waals surface area contributed by atoms with Crippen LogP contribution in [0.1, 0.15) is 11.1 Å². The molecular weight excluding hydrogens is 373 g/mol. The van der Waals surface area contributed by atoms with E-state index in [1.165, 1.54) is 12.4 Å². The number of benzene rings is 2. The molecule has 27 heavy (non-hydrogen) atoms. The summed E-state index contributed by atoms with van der Waals surface area (Å²) in [7, 11) is 0. The fraction of sp³-hybridized carbons (Fsp3) is 0.105. The zero-order valence-electron chi connectivity index (χ0n) is 13.9. The second-order valence-electron chi connectivity index (χ2n) is 5.83. The summed E-state index contributed by atoms with van der Waals surface area (Å²) in [6.45, 7) is 0. The normalized spacial score (nSPS) is 11.8. The van der Waals surface area contributed by atoms with E-state index in [1.54, 1.807) is 29.0 Å². The molecule has 0 saturated heterocycles. The highest BCUT2D eigenvalue weighted by Crippen LogP contribution is 2.34. The summed E-state index contributed by atoms with van der Waals surface area (Å²) in [5, 5.41) is 4.80. The highest BCUT2D eigenvalue weighted by Gasteiger charge is 2.30. The number of rotatable bonds is 4. The molecule has 0 unspecified atom stereocenters. The number of thioether (sulfide) groups is 1. The second kappa shape index (κ2) is 7.03. The van der Waals surface area contributed by atoms with Gasteiger partial charge in [0, 0.05) is 22.2 Å². The minimum absolute atomic E-state index is 0.344. The van der Waals surface area contributed by atoms with Crippen LogP contribution in [0.4, 0.5) is 13.2 Å². The number of hydrogen-bond donors (Lipinski definition) is 0. The van der Waals surface area contributed by atoms with Gasteiger partial charge in [-0.25, -0.2) is 9.67 Å². The molecule has 2 aromatic carbocycles. The van der Waals surface area contributed by atoms with Crippen LogP contribution in [0.25, 0.3) is 16.6 Å². The van der Waals surface area contributed by atoms with E-state index in [0.717, 1.165) is 33.7 Å². The van der Waals surface area contributed by atoms with Crippen molar-refractivity contribution in [2.75, 3.05) is 0 Å². The van der Waals surface area contributed by atoms with E-state index >= 15 is 0 Å². The predicted molar refractivity (Wildman–Crippen MR) is 97.7 cm³/mol. The zero-order valence-corrected chi connectivity index (χ0v) is 14.7. The summed E-state index contributed by atoms with van der Waals surface area (Å²) in [4.78, 5) is 8.90. The molecule has 0 N–H and O–H groups in total. The summed E-state index contributed by atoms with van der Waals surface area (Å²) in [6.07, 6.45) is 0.272. The number of pyridine rings is 1. The molecule has 4 rings (SSSR count). The van der Waals surface area contributed by atoms with Gasteiger partial charge in [0.25, 0.3) is 0 Å². The Hall–Kier alpha value is -2.87. The van der Waals surface area contributed by atoms with Crippen molar-refractivity contribution >= 4 is 22.7 Å². The van der Waals surface area contributed by atoms with E-state index in [4.69, 9.17) is 0 Å². The van der Waals surface area contributed by atoms with E-state index in [9.17, 15) is 13.2 Å². The number of aromatic nitrogens is 4. The lowest BCUT2D eigenvalue weighted by Crippen LogP contribution is -2.04. The Balaban J connectivity index is 1.53. The van der Waals surface area contributed by atoms with Crippen molar-refractivity contribution in [3.8, 4) is 5.69 Å². The van der Waals surface area contributed by atoms with Gasteiger partial charge in [0.1, 0.15) is 12.7 Å². The molecule has 136 valence electrons. The molecule has 0 aliphatic rings. The number of hydrogen-bond acceptors (Lipinski definition) is 4. The van der Waals surface area contributed by atoms with Gasteiger partial charge in [-0.1, -0.05) is 18.2 Å². The minimum Gasteiger partial charge on any atom is -0.256 e. The van der Waals surface area contributed by atoms with E-state index in [2.05, 4.69) is 15.1 Å². The Morgan fingerprint density at radius 3 is 2.52 bits per heavy atom. The van der Waals surface area contributed by atoms with Gasteiger partial charge in [-0.05, 0) is 35.9 Å². The Bertz CT molecular complexity index is 1060. The lowest BCUT2D eigenvalue weighted by atomic mass is 10.1. The molecule has 0 radical (unpaired) electrons. The van der Waals surface area contributed by atoms with Crippen LogP contribution >= 0.6 is 11.8 Å². The number of alkyl halides is 3. The van der Waals surface area contributed by atoms with Crippen LogP contribution in [0.15, 0.2) is 72.3 Å². The standard InChI is InChI=1S/C19H13F3N4S/c20-19(21,22)14-3-6-16-17(9-14)24-8-7-18(16)27-10-13-1-4-15(5-2-13)26-12-23-11-25-26/h1-9,11-12H,10H2. The topological polar surface area (TPSA) is 43.6 Å². The third-order valence-electron chi connectivity index (χ3n) is 4.04. The molecule has 4 nitrogen and oxygen atoms in total. The van der Waals surface area contributed by atoms with Gasteiger partial charge in [-0.3, -0.25) is 4.98 Å². The molecule has 0 bridgehead atoms. The molecule has 2 heterocycles. The fourth-order valence-electron chi connectivity index (χ4n) is 2.67. The zero-order chi connectivity index (χ0) is 18.9. The first-order chi connectivity index (χ1) is 13.0. The molecule has 0 amide bonds. The monoisotopic (exact) mass is 386 g/mol. The molecular formula is C19H13F3N4S. The Morgan fingerprint density at radius 2 is 1.81 bits per heavy atom. The van der Waals surface area contributed by atoms with Crippen molar-refractivity contribution in [3.63, 3.8) is 0 Å². The summed E-state index contributed by atoms with van der Waals surface area (Å²) in [5.41, 5.74) is 1.67.